The molecule has 0 atom stereocenters. The van der Waals surface area contributed by atoms with Crippen molar-refractivity contribution in [3.8, 4) is 5.75 Å². The van der Waals surface area contributed by atoms with E-state index < -0.39 is 0 Å². The first kappa shape index (κ1) is 16.5. The number of carbonyl (C=O) groups is 1. The monoisotopic (exact) mass is 279 g/mol. The molecule has 2 N–H and O–H groups in total. The summed E-state index contributed by atoms with van der Waals surface area (Å²) in [5, 5.41) is 11.5. The third-order valence-corrected chi connectivity index (χ3v) is 2.97. The molecule has 1 rings (SSSR count). The van der Waals surface area contributed by atoms with Crippen molar-refractivity contribution in [1.82, 2.24) is 5.32 Å². The van der Waals surface area contributed by atoms with Gasteiger partial charge in [0, 0.05) is 13.2 Å². The van der Waals surface area contributed by atoms with Crippen molar-refractivity contribution in [2.45, 2.75) is 39.5 Å². The number of aliphatic hydroxyl groups excluding tert-OH is 1. The van der Waals surface area contributed by atoms with Gasteiger partial charge < -0.3 is 15.2 Å². The average Bonchev–Trinajstić information content (AvgIpc) is 2.39. The minimum absolute atomic E-state index is 0.0551. The van der Waals surface area contributed by atoms with Gasteiger partial charge in [-0.15, -0.1) is 0 Å². The molecule has 112 valence electrons. The summed E-state index contributed by atoms with van der Waals surface area (Å²) < 4.78 is 5.48. The van der Waals surface area contributed by atoms with Crippen LogP contribution < -0.4 is 10.1 Å². The Labute approximate surface area is 121 Å². The molecule has 0 aromatic heterocycles. The zero-order valence-electron chi connectivity index (χ0n) is 12.4. The van der Waals surface area contributed by atoms with E-state index in [1.807, 2.05) is 26.0 Å². The molecule has 4 heteroatoms. The second-order valence-electron chi connectivity index (χ2n) is 5.10. The third-order valence-electron chi connectivity index (χ3n) is 2.97. The highest BCUT2D eigenvalue weighted by Crippen LogP contribution is 2.15. The SMILES string of the molecule is Cc1cc(C)cc(OCC(=O)NCCCCCCO)c1. The molecule has 1 aromatic carbocycles. The summed E-state index contributed by atoms with van der Waals surface area (Å²) in [6.07, 6.45) is 3.81. The molecule has 0 saturated carbocycles. The molecule has 0 aliphatic rings. The van der Waals surface area contributed by atoms with Gasteiger partial charge in [-0.2, -0.15) is 0 Å². The summed E-state index contributed by atoms with van der Waals surface area (Å²) in [5.74, 6) is 0.645. The van der Waals surface area contributed by atoms with Crippen LogP contribution in [0, 0.1) is 13.8 Å². The number of amides is 1. The van der Waals surface area contributed by atoms with Crippen LogP contribution in [0.4, 0.5) is 0 Å². The maximum Gasteiger partial charge on any atom is 0.257 e. The van der Waals surface area contributed by atoms with Gasteiger partial charge in [-0.1, -0.05) is 18.9 Å². The van der Waals surface area contributed by atoms with Crippen molar-refractivity contribution in [1.29, 1.82) is 0 Å². The van der Waals surface area contributed by atoms with Crippen molar-refractivity contribution in [3.63, 3.8) is 0 Å². The molecule has 0 bridgehead atoms. The predicted octanol–water partition coefficient (Wildman–Crippen LogP) is 2.35. The van der Waals surface area contributed by atoms with Gasteiger partial charge in [-0.05, 0) is 49.9 Å². The zero-order valence-corrected chi connectivity index (χ0v) is 12.4. The first-order valence-corrected chi connectivity index (χ1v) is 7.20. The van der Waals surface area contributed by atoms with Gasteiger partial charge in [0.05, 0.1) is 0 Å². The van der Waals surface area contributed by atoms with Crippen LogP contribution in [-0.2, 0) is 4.79 Å². The van der Waals surface area contributed by atoms with E-state index in [1.54, 1.807) is 0 Å². The fraction of sp³-hybridized carbons (Fsp3) is 0.562. The number of aryl methyl sites for hydroxylation is 2. The maximum absolute atomic E-state index is 11.6. The second-order valence-corrected chi connectivity index (χ2v) is 5.10. The summed E-state index contributed by atoms with van der Waals surface area (Å²) in [6, 6.07) is 5.92. The molecule has 0 aliphatic heterocycles. The lowest BCUT2D eigenvalue weighted by Crippen LogP contribution is -2.29. The van der Waals surface area contributed by atoms with Crippen molar-refractivity contribution < 1.29 is 14.6 Å². The highest BCUT2D eigenvalue weighted by Gasteiger charge is 2.03. The number of carbonyl (C=O) groups excluding carboxylic acids is 1. The standard InChI is InChI=1S/C16H25NO3/c1-13-9-14(2)11-15(10-13)20-12-16(19)17-7-5-3-4-6-8-18/h9-11,18H,3-8,12H2,1-2H3,(H,17,19). The second kappa shape index (κ2) is 9.37. The number of nitrogens with one attached hydrogen (secondary N) is 1. The topological polar surface area (TPSA) is 58.6 Å². The van der Waals surface area contributed by atoms with E-state index in [-0.39, 0.29) is 19.1 Å². The van der Waals surface area contributed by atoms with Crippen molar-refractivity contribution in [2.75, 3.05) is 19.8 Å². The van der Waals surface area contributed by atoms with Gasteiger partial charge in [-0.3, -0.25) is 4.79 Å². The number of ether oxygens (including phenoxy) is 1. The lowest BCUT2D eigenvalue weighted by Gasteiger charge is -2.09. The molecule has 0 fully saturated rings. The fourth-order valence-electron chi connectivity index (χ4n) is 2.03. The molecule has 1 amide bonds. The lowest BCUT2D eigenvalue weighted by atomic mass is 10.1. The summed E-state index contributed by atoms with van der Waals surface area (Å²) in [7, 11) is 0. The van der Waals surface area contributed by atoms with Crippen LogP contribution in [0.2, 0.25) is 0 Å². The number of hydrogen-bond acceptors (Lipinski definition) is 3. The van der Waals surface area contributed by atoms with E-state index in [0.29, 0.717) is 6.54 Å². The number of benzene rings is 1. The number of hydrogen-bond donors (Lipinski definition) is 2. The largest absolute Gasteiger partial charge is 0.484 e. The van der Waals surface area contributed by atoms with Crippen LogP contribution >= 0.6 is 0 Å². The quantitative estimate of drug-likeness (QED) is 0.682. The Morgan fingerprint density at radius 3 is 2.40 bits per heavy atom. The molecular weight excluding hydrogens is 254 g/mol. The molecular formula is C16H25NO3. The van der Waals surface area contributed by atoms with Gasteiger partial charge in [0.1, 0.15) is 5.75 Å². The van der Waals surface area contributed by atoms with E-state index in [2.05, 4.69) is 11.4 Å². The minimum atomic E-state index is -0.0914. The molecule has 1 aromatic rings. The molecule has 0 heterocycles. The van der Waals surface area contributed by atoms with Crippen molar-refractivity contribution >= 4 is 5.91 Å². The number of unbranched alkanes of at least 4 members (excludes halogenated alkanes) is 3. The summed E-state index contributed by atoms with van der Waals surface area (Å²) >= 11 is 0. The maximum atomic E-state index is 11.6. The smallest absolute Gasteiger partial charge is 0.257 e. The van der Waals surface area contributed by atoms with E-state index in [4.69, 9.17) is 9.84 Å². The molecule has 4 nitrogen and oxygen atoms in total. The molecule has 0 saturated heterocycles. The Kier molecular flexibility index (Phi) is 7.73. The molecule has 0 aliphatic carbocycles. The summed E-state index contributed by atoms with van der Waals surface area (Å²) in [6.45, 7) is 4.98. The van der Waals surface area contributed by atoms with E-state index in [9.17, 15) is 4.79 Å². The Balaban J connectivity index is 2.16. The summed E-state index contributed by atoms with van der Waals surface area (Å²) in [4.78, 5) is 11.6. The normalized spacial score (nSPS) is 10.3. The molecule has 0 spiro atoms. The highest BCUT2D eigenvalue weighted by molar-refractivity contribution is 5.77. The van der Waals surface area contributed by atoms with Crippen LogP contribution in [0.5, 0.6) is 5.75 Å². The highest BCUT2D eigenvalue weighted by atomic mass is 16.5. The van der Waals surface area contributed by atoms with E-state index in [0.717, 1.165) is 42.6 Å². The minimum Gasteiger partial charge on any atom is -0.484 e. The van der Waals surface area contributed by atoms with Crippen LogP contribution in [-0.4, -0.2) is 30.8 Å². The Bertz CT molecular complexity index is 398. The molecule has 0 unspecified atom stereocenters. The lowest BCUT2D eigenvalue weighted by molar-refractivity contribution is -0.123. The van der Waals surface area contributed by atoms with Crippen LogP contribution in [0.3, 0.4) is 0 Å². The zero-order chi connectivity index (χ0) is 14.8. The average molecular weight is 279 g/mol. The predicted molar refractivity (Wildman–Crippen MR) is 80.0 cm³/mol. The summed E-state index contributed by atoms with van der Waals surface area (Å²) in [5.41, 5.74) is 2.26. The van der Waals surface area contributed by atoms with Crippen molar-refractivity contribution in [3.05, 3.63) is 29.3 Å². The van der Waals surface area contributed by atoms with E-state index in [1.165, 1.54) is 0 Å². The first-order chi connectivity index (χ1) is 9.61. The third kappa shape index (κ3) is 7.14. The molecule has 0 radical (unpaired) electrons. The number of rotatable bonds is 9. The van der Waals surface area contributed by atoms with Crippen molar-refractivity contribution in [2.24, 2.45) is 0 Å². The Morgan fingerprint density at radius 2 is 1.75 bits per heavy atom. The van der Waals surface area contributed by atoms with Crippen LogP contribution in [0.25, 0.3) is 0 Å². The number of aliphatic hydroxyl groups is 1. The van der Waals surface area contributed by atoms with Gasteiger partial charge in [0.25, 0.3) is 5.91 Å². The molecule has 20 heavy (non-hydrogen) atoms. The van der Waals surface area contributed by atoms with Gasteiger partial charge >= 0.3 is 0 Å². The van der Waals surface area contributed by atoms with Gasteiger partial charge in [0.2, 0.25) is 0 Å². The van der Waals surface area contributed by atoms with E-state index >= 15 is 0 Å². The Morgan fingerprint density at radius 1 is 1.10 bits per heavy atom. The van der Waals surface area contributed by atoms with Crippen LogP contribution in [0.1, 0.15) is 36.8 Å². The fourth-order valence-corrected chi connectivity index (χ4v) is 2.03. The van der Waals surface area contributed by atoms with Crippen LogP contribution in [0.15, 0.2) is 18.2 Å². The van der Waals surface area contributed by atoms with Gasteiger partial charge in [-0.25, -0.2) is 0 Å². The first-order valence-electron chi connectivity index (χ1n) is 7.20. The Hall–Kier alpha value is -1.55. The van der Waals surface area contributed by atoms with Gasteiger partial charge in [0.15, 0.2) is 6.61 Å².